The maximum atomic E-state index is 12.9. The largest absolute Gasteiger partial charge is 0.352 e. The molecule has 2 N–H and O–H groups in total. The Balaban J connectivity index is 1.73. The van der Waals surface area contributed by atoms with Gasteiger partial charge in [0.2, 0.25) is 10.0 Å². The van der Waals surface area contributed by atoms with E-state index in [1.807, 2.05) is 32.0 Å². The fraction of sp³-hybridized carbons (Fsp3) is 0.259. The zero-order valence-corrected chi connectivity index (χ0v) is 21.1. The number of amides is 2. The van der Waals surface area contributed by atoms with Crippen molar-refractivity contribution in [3.8, 4) is 0 Å². The minimum Gasteiger partial charge on any atom is -0.352 e. The maximum absolute atomic E-state index is 12.9. The van der Waals surface area contributed by atoms with Gasteiger partial charge in [-0.15, -0.1) is 0 Å². The van der Waals surface area contributed by atoms with E-state index in [2.05, 4.69) is 10.6 Å². The molecule has 0 aliphatic carbocycles. The molecule has 184 valence electrons. The molecule has 0 saturated heterocycles. The van der Waals surface area contributed by atoms with Gasteiger partial charge in [-0.2, -0.15) is 0 Å². The fourth-order valence-electron chi connectivity index (χ4n) is 3.57. The predicted molar refractivity (Wildman–Crippen MR) is 140 cm³/mol. The Morgan fingerprint density at radius 3 is 2.29 bits per heavy atom. The molecule has 35 heavy (non-hydrogen) atoms. The minimum atomic E-state index is -3.51. The predicted octanol–water partition coefficient (Wildman–Crippen LogP) is 4.74. The van der Waals surface area contributed by atoms with Crippen LogP contribution in [0.2, 0.25) is 0 Å². The third-order valence-electron chi connectivity index (χ3n) is 5.47. The molecule has 0 aromatic heterocycles. The van der Waals surface area contributed by atoms with Gasteiger partial charge in [-0.1, -0.05) is 49.7 Å². The summed E-state index contributed by atoms with van der Waals surface area (Å²) in [6.07, 6.45) is 3.03. The average molecular weight is 494 g/mol. The highest BCUT2D eigenvalue weighted by Crippen LogP contribution is 2.22. The molecule has 3 aromatic carbocycles. The number of carbonyl (C=O) groups is 2. The smallest absolute Gasteiger partial charge is 0.255 e. The number of nitrogens with one attached hydrogen (secondary N) is 2. The molecule has 0 aliphatic heterocycles. The molecule has 0 fully saturated rings. The number of rotatable bonds is 10. The average Bonchev–Trinajstić information content (AvgIpc) is 2.82. The summed E-state index contributed by atoms with van der Waals surface area (Å²) in [5.41, 5.74) is 3.51. The number of carbonyl (C=O) groups excluding carboxylic acids is 2. The van der Waals surface area contributed by atoms with Gasteiger partial charge in [-0.25, -0.2) is 8.42 Å². The molecule has 7 nitrogen and oxygen atoms in total. The molecule has 3 aromatic rings. The third-order valence-corrected chi connectivity index (χ3v) is 6.61. The SMILES string of the molecule is CCCCNC(=O)c1ccccc1NC(=O)c1ccc(CN(c2cccc(C)c2)S(C)(=O)=O)cc1. The number of nitrogens with zero attached hydrogens (tertiary/aromatic N) is 1. The fourth-order valence-corrected chi connectivity index (χ4v) is 4.45. The quantitative estimate of drug-likeness (QED) is 0.399. The van der Waals surface area contributed by atoms with Gasteiger partial charge >= 0.3 is 0 Å². The summed E-state index contributed by atoms with van der Waals surface area (Å²) < 4.78 is 26.2. The lowest BCUT2D eigenvalue weighted by atomic mass is 10.1. The van der Waals surface area contributed by atoms with Crippen molar-refractivity contribution < 1.29 is 18.0 Å². The van der Waals surface area contributed by atoms with Crippen LogP contribution in [-0.4, -0.2) is 33.0 Å². The first kappa shape index (κ1) is 26.0. The second-order valence-corrected chi connectivity index (χ2v) is 10.3. The van der Waals surface area contributed by atoms with Gasteiger partial charge in [0.25, 0.3) is 11.8 Å². The number of unbranched alkanes of at least 4 members (excludes halogenated alkanes) is 1. The molecule has 0 atom stereocenters. The van der Waals surface area contributed by atoms with Crippen LogP contribution in [0.25, 0.3) is 0 Å². The summed E-state index contributed by atoms with van der Waals surface area (Å²) in [5, 5.41) is 5.67. The molecular formula is C27H31N3O4S. The van der Waals surface area contributed by atoms with Gasteiger partial charge in [0.05, 0.1) is 29.7 Å². The van der Waals surface area contributed by atoms with Crippen LogP contribution in [0.15, 0.2) is 72.8 Å². The van der Waals surface area contributed by atoms with Crippen LogP contribution < -0.4 is 14.9 Å². The summed E-state index contributed by atoms with van der Waals surface area (Å²) >= 11 is 0. The summed E-state index contributed by atoms with van der Waals surface area (Å²) in [6, 6.07) is 20.9. The van der Waals surface area contributed by atoms with E-state index in [9.17, 15) is 18.0 Å². The van der Waals surface area contributed by atoms with E-state index in [0.717, 1.165) is 24.0 Å². The number of aryl methyl sites for hydroxylation is 1. The van der Waals surface area contributed by atoms with E-state index in [0.29, 0.717) is 29.0 Å². The summed E-state index contributed by atoms with van der Waals surface area (Å²) in [6.45, 7) is 4.67. The molecule has 0 heterocycles. The van der Waals surface area contributed by atoms with Crippen molar-refractivity contribution >= 4 is 33.2 Å². The van der Waals surface area contributed by atoms with Gasteiger partial charge in [-0.05, 0) is 60.9 Å². The van der Waals surface area contributed by atoms with E-state index in [4.69, 9.17) is 0 Å². The molecule has 2 amide bonds. The van der Waals surface area contributed by atoms with E-state index < -0.39 is 10.0 Å². The lowest BCUT2D eigenvalue weighted by molar-refractivity contribution is 0.0954. The Kier molecular flexibility index (Phi) is 8.65. The lowest BCUT2D eigenvalue weighted by Crippen LogP contribution is -2.29. The Hall–Kier alpha value is -3.65. The Labute approximate surface area is 207 Å². The molecule has 0 saturated carbocycles. The number of sulfonamides is 1. The molecular weight excluding hydrogens is 462 g/mol. The van der Waals surface area contributed by atoms with E-state index in [-0.39, 0.29) is 18.4 Å². The van der Waals surface area contributed by atoms with Crippen LogP contribution in [0.1, 0.15) is 51.6 Å². The molecule has 0 bridgehead atoms. The van der Waals surface area contributed by atoms with Crippen molar-refractivity contribution in [1.82, 2.24) is 5.32 Å². The molecule has 3 rings (SSSR count). The van der Waals surface area contributed by atoms with Gasteiger partial charge in [-0.3, -0.25) is 13.9 Å². The number of para-hydroxylation sites is 1. The van der Waals surface area contributed by atoms with Crippen molar-refractivity contribution in [2.75, 3.05) is 22.4 Å². The summed E-state index contributed by atoms with van der Waals surface area (Å²) in [4.78, 5) is 25.4. The molecule has 0 spiro atoms. The second-order valence-electron chi connectivity index (χ2n) is 8.41. The Bertz CT molecular complexity index is 1290. The van der Waals surface area contributed by atoms with E-state index in [1.54, 1.807) is 54.6 Å². The number of anilines is 2. The van der Waals surface area contributed by atoms with Crippen molar-refractivity contribution in [3.05, 3.63) is 95.1 Å². The number of hydrogen-bond acceptors (Lipinski definition) is 4. The molecule has 0 radical (unpaired) electrons. The van der Waals surface area contributed by atoms with Gasteiger partial charge in [0.15, 0.2) is 0 Å². The normalized spacial score (nSPS) is 11.1. The Morgan fingerprint density at radius 2 is 1.63 bits per heavy atom. The van der Waals surface area contributed by atoms with Crippen molar-refractivity contribution in [2.45, 2.75) is 33.2 Å². The molecule has 0 unspecified atom stereocenters. The highest BCUT2D eigenvalue weighted by atomic mass is 32.2. The monoisotopic (exact) mass is 493 g/mol. The van der Waals surface area contributed by atoms with Crippen LogP contribution in [0, 0.1) is 6.92 Å². The van der Waals surface area contributed by atoms with Gasteiger partial charge < -0.3 is 10.6 Å². The van der Waals surface area contributed by atoms with Crippen molar-refractivity contribution in [1.29, 1.82) is 0 Å². The van der Waals surface area contributed by atoms with Crippen LogP contribution in [0.4, 0.5) is 11.4 Å². The van der Waals surface area contributed by atoms with Crippen molar-refractivity contribution in [3.63, 3.8) is 0 Å². The first-order valence-corrected chi connectivity index (χ1v) is 13.4. The summed E-state index contributed by atoms with van der Waals surface area (Å²) in [5.74, 6) is -0.592. The first-order chi connectivity index (χ1) is 16.7. The first-order valence-electron chi connectivity index (χ1n) is 11.5. The van der Waals surface area contributed by atoms with Gasteiger partial charge in [0, 0.05) is 12.1 Å². The Morgan fingerprint density at radius 1 is 0.914 bits per heavy atom. The van der Waals surface area contributed by atoms with E-state index in [1.165, 1.54) is 10.6 Å². The third kappa shape index (κ3) is 7.16. The summed E-state index contributed by atoms with van der Waals surface area (Å²) in [7, 11) is -3.51. The highest BCUT2D eigenvalue weighted by molar-refractivity contribution is 7.92. The second kappa shape index (κ2) is 11.7. The highest BCUT2D eigenvalue weighted by Gasteiger charge is 2.19. The zero-order chi connectivity index (χ0) is 25.4. The number of hydrogen-bond donors (Lipinski definition) is 2. The van der Waals surface area contributed by atoms with Crippen LogP contribution in [0.5, 0.6) is 0 Å². The lowest BCUT2D eigenvalue weighted by Gasteiger charge is -2.23. The molecule has 0 aliphatic rings. The van der Waals surface area contributed by atoms with Crippen LogP contribution >= 0.6 is 0 Å². The topological polar surface area (TPSA) is 95.6 Å². The van der Waals surface area contributed by atoms with Crippen LogP contribution in [-0.2, 0) is 16.6 Å². The standard InChI is InChI=1S/C27H31N3O4S/c1-4-5-17-28-27(32)24-11-6-7-12-25(24)29-26(31)22-15-13-21(14-16-22)19-30(35(3,33)34)23-10-8-9-20(2)18-23/h6-16,18H,4-5,17,19H2,1-3H3,(H,28,32)(H,29,31). The minimum absolute atomic E-state index is 0.144. The molecule has 8 heteroatoms. The zero-order valence-electron chi connectivity index (χ0n) is 20.2. The number of benzene rings is 3. The van der Waals surface area contributed by atoms with E-state index >= 15 is 0 Å². The van der Waals surface area contributed by atoms with Gasteiger partial charge in [0.1, 0.15) is 0 Å². The van der Waals surface area contributed by atoms with Crippen molar-refractivity contribution in [2.24, 2.45) is 0 Å². The van der Waals surface area contributed by atoms with Crippen LogP contribution in [0.3, 0.4) is 0 Å². The maximum Gasteiger partial charge on any atom is 0.255 e.